The summed E-state index contributed by atoms with van der Waals surface area (Å²) < 4.78 is 4.96. The summed E-state index contributed by atoms with van der Waals surface area (Å²) >= 11 is 0. The molecule has 0 atom stereocenters. The van der Waals surface area contributed by atoms with Crippen molar-refractivity contribution in [2.45, 2.75) is 0 Å². The van der Waals surface area contributed by atoms with E-state index in [1.807, 2.05) is 0 Å². The molecule has 1 aromatic heterocycles. The maximum Gasteiger partial charge on any atom is 0.187 e. The highest BCUT2D eigenvalue weighted by atomic mass is 16.5. The Balaban J connectivity index is 1.98. The molecule has 106 valence electrons. The molecule has 21 heavy (non-hydrogen) atoms. The number of rotatable bonds is 6. The van der Waals surface area contributed by atoms with Gasteiger partial charge in [-0.2, -0.15) is 0 Å². The van der Waals surface area contributed by atoms with E-state index in [2.05, 4.69) is 4.98 Å². The maximum absolute atomic E-state index is 11.8. The minimum absolute atomic E-state index is 0.139. The van der Waals surface area contributed by atoms with E-state index < -0.39 is 12.6 Å². The lowest BCUT2D eigenvalue weighted by Crippen LogP contribution is -2.28. The Labute approximate surface area is 121 Å². The highest BCUT2D eigenvalue weighted by Crippen LogP contribution is 2.13. The second-order valence-corrected chi connectivity index (χ2v) is 4.17. The fourth-order valence-corrected chi connectivity index (χ4v) is 1.59. The zero-order valence-electron chi connectivity index (χ0n) is 11.1. The maximum atomic E-state index is 11.8. The Kier molecular flexibility index (Phi) is 4.82. The van der Waals surface area contributed by atoms with Gasteiger partial charge in [0, 0.05) is 18.0 Å². The van der Waals surface area contributed by atoms with Crippen molar-refractivity contribution >= 4 is 17.8 Å². The molecule has 0 aliphatic carbocycles. The Bertz CT molecular complexity index is 648. The third-order valence-corrected chi connectivity index (χ3v) is 2.61. The fraction of sp³-hybridized carbons (Fsp3) is 0.0625. The van der Waals surface area contributed by atoms with E-state index in [1.54, 1.807) is 48.7 Å². The predicted octanol–water partition coefficient (Wildman–Crippen LogP) is 1.11. The van der Waals surface area contributed by atoms with Gasteiger partial charge in [-0.15, -0.1) is 0 Å². The van der Waals surface area contributed by atoms with Gasteiger partial charge in [0.15, 0.2) is 5.78 Å². The van der Waals surface area contributed by atoms with Crippen LogP contribution in [0.3, 0.4) is 0 Å². The predicted molar refractivity (Wildman–Crippen MR) is 74.5 cm³/mol. The average molecular weight is 282 g/mol. The Hall–Kier alpha value is -2.95. The Morgan fingerprint density at radius 2 is 1.95 bits per heavy atom. The van der Waals surface area contributed by atoms with Crippen molar-refractivity contribution in [2.24, 2.45) is 0 Å². The van der Waals surface area contributed by atoms with E-state index in [1.165, 1.54) is 12.3 Å². The standard InChI is InChI=1S/C16H13NO4/c18-15(13-2-1-9-17-10-13)8-5-12-3-6-14(7-4-12)21-11-16(19)20/h1-10H,11H2,(H,19,20)/p-1/b8-5+. The summed E-state index contributed by atoms with van der Waals surface area (Å²) in [6.07, 6.45) is 6.22. The minimum atomic E-state index is -1.28. The number of aromatic nitrogens is 1. The molecular formula is C16H12NO4-. The number of benzene rings is 1. The van der Waals surface area contributed by atoms with Gasteiger partial charge in [0.05, 0.1) is 5.97 Å². The SMILES string of the molecule is O=C([O-])COc1ccc(/C=C/C(=O)c2cccnc2)cc1. The Morgan fingerprint density at radius 1 is 1.19 bits per heavy atom. The number of hydrogen-bond acceptors (Lipinski definition) is 5. The lowest BCUT2D eigenvalue weighted by molar-refractivity contribution is -0.307. The second-order valence-electron chi connectivity index (χ2n) is 4.17. The van der Waals surface area contributed by atoms with Crippen LogP contribution >= 0.6 is 0 Å². The van der Waals surface area contributed by atoms with Crippen molar-refractivity contribution in [3.63, 3.8) is 0 Å². The first-order chi connectivity index (χ1) is 10.1. The zero-order chi connectivity index (χ0) is 15.1. The van der Waals surface area contributed by atoms with Crippen LogP contribution in [-0.2, 0) is 4.79 Å². The monoisotopic (exact) mass is 282 g/mol. The van der Waals surface area contributed by atoms with Crippen molar-refractivity contribution in [3.05, 3.63) is 66.0 Å². The number of pyridine rings is 1. The number of ether oxygens (including phenoxy) is 1. The molecule has 0 spiro atoms. The third-order valence-electron chi connectivity index (χ3n) is 2.61. The molecule has 0 bridgehead atoms. The van der Waals surface area contributed by atoms with Gasteiger partial charge in [-0.3, -0.25) is 9.78 Å². The summed E-state index contributed by atoms with van der Waals surface area (Å²) in [7, 11) is 0. The molecule has 0 fully saturated rings. The lowest BCUT2D eigenvalue weighted by Gasteiger charge is -2.06. The number of carbonyl (C=O) groups excluding carboxylic acids is 2. The summed E-state index contributed by atoms with van der Waals surface area (Å²) in [6.45, 7) is -0.491. The van der Waals surface area contributed by atoms with E-state index >= 15 is 0 Å². The normalized spacial score (nSPS) is 10.5. The van der Waals surface area contributed by atoms with Gasteiger partial charge in [0.1, 0.15) is 12.4 Å². The van der Waals surface area contributed by atoms with Gasteiger partial charge < -0.3 is 14.6 Å². The molecule has 1 aromatic carbocycles. The van der Waals surface area contributed by atoms with Crippen molar-refractivity contribution in [1.82, 2.24) is 4.98 Å². The molecule has 0 aliphatic rings. The smallest absolute Gasteiger partial charge is 0.187 e. The van der Waals surface area contributed by atoms with Crippen LogP contribution in [0.25, 0.3) is 6.08 Å². The van der Waals surface area contributed by atoms with Crippen LogP contribution in [-0.4, -0.2) is 23.3 Å². The number of aliphatic carboxylic acids is 1. The molecule has 5 heteroatoms. The third kappa shape index (κ3) is 4.58. The molecule has 0 unspecified atom stereocenters. The van der Waals surface area contributed by atoms with Gasteiger partial charge in [0.25, 0.3) is 0 Å². The molecule has 0 saturated heterocycles. The summed E-state index contributed by atoms with van der Waals surface area (Å²) in [5.74, 6) is -0.989. The highest BCUT2D eigenvalue weighted by Gasteiger charge is 2.00. The molecule has 2 aromatic rings. The largest absolute Gasteiger partial charge is 0.546 e. The van der Waals surface area contributed by atoms with E-state index in [9.17, 15) is 14.7 Å². The van der Waals surface area contributed by atoms with Gasteiger partial charge in [-0.05, 0) is 35.9 Å². The van der Waals surface area contributed by atoms with E-state index in [0.717, 1.165) is 5.56 Å². The summed E-state index contributed by atoms with van der Waals surface area (Å²) in [6, 6.07) is 10.1. The first kappa shape index (κ1) is 14.5. The lowest BCUT2D eigenvalue weighted by atomic mass is 10.1. The zero-order valence-corrected chi connectivity index (χ0v) is 11.1. The molecule has 0 N–H and O–H groups in total. The van der Waals surface area contributed by atoms with Crippen molar-refractivity contribution in [2.75, 3.05) is 6.61 Å². The molecule has 0 aliphatic heterocycles. The molecular weight excluding hydrogens is 270 g/mol. The van der Waals surface area contributed by atoms with Gasteiger partial charge in [-0.1, -0.05) is 18.2 Å². The fourth-order valence-electron chi connectivity index (χ4n) is 1.59. The molecule has 0 radical (unpaired) electrons. The van der Waals surface area contributed by atoms with Crippen molar-refractivity contribution in [1.29, 1.82) is 0 Å². The molecule has 0 amide bonds. The second kappa shape index (κ2) is 7.00. The number of carboxylic acid groups (broad SMARTS) is 1. The van der Waals surface area contributed by atoms with Crippen LogP contribution in [0.1, 0.15) is 15.9 Å². The molecule has 2 rings (SSSR count). The summed E-state index contributed by atoms with van der Waals surface area (Å²) in [5.41, 5.74) is 1.32. The van der Waals surface area contributed by atoms with Crippen molar-refractivity contribution in [3.8, 4) is 5.75 Å². The van der Waals surface area contributed by atoms with Gasteiger partial charge in [0.2, 0.25) is 0 Å². The van der Waals surface area contributed by atoms with Crippen LogP contribution in [0, 0.1) is 0 Å². The molecule has 5 nitrogen and oxygen atoms in total. The minimum Gasteiger partial charge on any atom is -0.546 e. The van der Waals surface area contributed by atoms with Crippen molar-refractivity contribution < 1.29 is 19.4 Å². The van der Waals surface area contributed by atoms with E-state index in [4.69, 9.17) is 4.74 Å². The number of ketones is 1. The number of nitrogens with zero attached hydrogens (tertiary/aromatic N) is 1. The number of allylic oxidation sites excluding steroid dienone is 1. The molecule has 1 heterocycles. The number of carboxylic acids is 1. The van der Waals surface area contributed by atoms with Crippen LogP contribution < -0.4 is 9.84 Å². The van der Waals surface area contributed by atoms with Crippen LogP contribution in [0.4, 0.5) is 0 Å². The highest BCUT2D eigenvalue weighted by molar-refractivity contribution is 6.06. The summed E-state index contributed by atoms with van der Waals surface area (Å²) in [4.78, 5) is 26.0. The summed E-state index contributed by atoms with van der Waals surface area (Å²) in [5, 5.41) is 10.3. The van der Waals surface area contributed by atoms with Crippen LogP contribution in [0.15, 0.2) is 54.9 Å². The first-order valence-electron chi connectivity index (χ1n) is 6.20. The quantitative estimate of drug-likeness (QED) is 0.585. The van der Waals surface area contributed by atoms with E-state index in [0.29, 0.717) is 11.3 Å². The Morgan fingerprint density at radius 3 is 2.57 bits per heavy atom. The average Bonchev–Trinajstić information content (AvgIpc) is 2.52. The first-order valence-corrected chi connectivity index (χ1v) is 6.20. The number of hydrogen-bond donors (Lipinski definition) is 0. The topological polar surface area (TPSA) is 79.3 Å². The van der Waals surface area contributed by atoms with Crippen LogP contribution in [0.2, 0.25) is 0 Å². The van der Waals surface area contributed by atoms with E-state index in [-0.39, 0.29) is 5.78 Å². The number of carbonyl (C=O) groups is 2. The molecule has 0 saturated carbocycles. The van der Waals surface area contributed by atoms with Gasteiger partial charge in [-0.25, -0.2) is 0 Å². The van der Waals surface area contributed by atoms with Crippen LogP contribution in [0.5, 0.6) is 5.75 Å². The van der Waals surface area contributed by atoms with Gasteiger partial charge >= 0.3 is 0 Å².